The summed E-state index contributed by atoms with van der Waals surface area (Å²) in [6.45, 7) is 1.76. The van der Waals surface area contributed by atoms with Crippen LogP contribution in [0.2, 0.25) is 0 Å². The van der Waals surface area contributed by atoms with Gasteiger partial charge in [-0.1, -0.05) is 54.6 Å². The molecule has 51 heavy (non-hydrogen) atoms. The van der Waals surface area contributed by atoms with E-state index in [9.17, 15) is 30.6 Å². The van der Waals surface area contributed by atoms with E-state index in [-0.39, 0.29) is 11.5 Å². The molecule has 3 heterocycles. The number of pyridine rings is 1. The Labute approximate surface area is 295 Å². The molecule has 1 fully saturated rings. The van der Waals surface area contributed by atoms with Crippen molar-refractivity contribution in [3.05, 3.63) is 132 Å². The molecule has 14 heteroatoms. The number of aromatic nitrogens is 4. The molecule has 0 bridgehead atoms. The van der Waals surface area contributed by atoms with Gasteiger partial charge in [0.1, 0.15) is 60.5 Å². The lowest BCUT2D eigenvalue weighted by atomic mass is 9.99. The van der Waals surface area contributed by atoms with E-state index in [1.165, 1.54) is 6.33 Å². The minimum Gasteiger partial charge on any atom is -0.508 e. The zero-order valence-electron chi connectivity index (χ0n) is 27.8. The highest BCUT2D eigenvalue weighted by Gasteiger charge is 2.44. The molecule has 0 aliphatic carbocycles. The van der Waals surface area contributed by atoms with Crippen molar-refractivity contribution >= 4 is 0 Å². The molecule has 268 valence electrons. The molecule has 3 aromatic carbocycles. The van der Waals surface area contributed by atoms with Crippen LogP contribution in [0, 0.1) is 0 Å². The van der Waals surface area contributed by atoms with E-state index < -0.39 is 43.5 Å². The minimum absolute atomic E-state index is 0.191. The smallest absolute Gasteiger partial charge is 0.229 e. The first kappa shape index (κ1) is 35.9. The summed E-state index contributed by atoms with van der Waals surface area (Å²) in [5.74, 6) is 0.710. The van der Waals surface area contributed by atoms with Gasteiger partial charge in [-0.15, -0.1) is 0 Å². The number of hydrogen-bond acceptors (Lipinski definition) is 13. The number of ether oxygens (including phenoxy) is 2. The predicted octanol–water partition coefficient (Wildman–Crippen LogP) is 2.01. The third-order valence-electron chi connectivity index (χ3n) is 8.88. The van der Waals surface area contributed by atoms with Crippen molar-refractivity contribution < 1.29 is 40.1 Å². The topological polar surface area (TPSA) is 190 Å². The largest absolute Gasteiger partial charge is 0.508 e. The number of para-hydroxylation sites is 2. The number of aliphatic hydroxyl groups excluding tert-OH is 4. The van der Waals surface area contributed by atoms with Crippen molar-refractivity contribution in [3.63, 3.8) is 0 Å². The van der Waals surface area contributed by atoms with Crippen molar-refractivity contribution in [1.82, 2.24) is 29.5 Å². The molecule has 1 aliphatic rings. The molecule has 1 unspecified atom stereocenters. The molecule has 1 aliphatic heterocycles. The van der Waals surface area contributed by atoms with Gasteiger partial charge >= 0.3 is 0 Å². The second-order valence-corrected chi connectivity index (χ2v) is 12.4. The number of aromatic hydroxyl groups is 2. The molecular formula is C37H42N6O8. The Morgan fingerprint density at radius 1 is 0.765 bits per heavy atom. The van der Waals surface area contributed by atoms with Gasteiger partial charge in [0.15, 0.2) is 0 Å². The summed E-state index contributed by atoms with van der Waals surface area (Å²) >= 11 is 0. The van der Waals surface area contributed by atoms with Gasteiger partial charge in [-0.2, -0.15) is 5.10 Å². The average Bonchev–Trinajstić information content (AvgIpc) is 3.68. The molecule has 5 aromatic rings. The average molecular weight is 699 g/mol. The Morgan fingerprint density at radius 2 is 1.43 bits per heavy atom. The lowest BCUT2D eigenvalue weighted by Crippen LogP contribution is -2.60. The Bertz CT molecular complexity index is 1750. The molecular weight excluding hydrogens is 656 g/mol. The number of phenols is 2. The van der Waals surface area contributed by atoms with Gasteiger partial charge < -0.3 is 40.1 Å². The maximum Gasteiger partial charge on any atom is 0.229 e. The second kappa shape index (κ2) is 16.9. The SMILES string of the molecule is OC[C@H]1O[C@@H](Oc2ccc(C(N(CCN(Cc3ccccc3O)Cc3ccccc3O)Cc3ccccn3)n3cncn3)cc2)[C@H](O)[C@@H](O)[C@H]1O. The summed E-state index contributed by atoms with van der Waals surface area (Å²) < 4.78 is 13.1. The molecule has 2 aromatic heterocycles. The molecule has 0 amide bonds. The van der Waals surface area contributed by atoms with Gasteiger partial charge in [-0.25, -0.2) is 9.67 Å². The monoisotopic (exact) mass is 698 g/mol. The lowest BCUT2D eigenvalue weighted by Gasteiger charge is -2.39. The zero-order chi connectivity index (χ0) is 35.7. The quantitative estimate of drug-likeness (QED) is 0.0933. The standard InChI is InChI=1S/C37H42N6O8/c44-22-32-33(47)34(48)35(49)37(51-32)50-29-14-12-25(13-15-29)36(43-24-38-23-40-43)42(21-28-9-5-6-16-39-28)18-17-41(19-26-7-1-3-10-30(26)45)20-27-8-2-4-11-31(27)46/h1-16,23-24,32-37,44-49H,17-22H2/t32-,33+,34+,35-,36?,37-/m1/s1. The van der Waals surface area contributed by atoms with Crippen molar-refractivity contribution in [2.75, 3.05) is 19.7 Å². The summed E-state index contributed by atoms with van der Waals surface area (Å²) in [5, 5.41) is 66.1. The van der Waals surface area contributed by atoms with Gasteiger partial charge in [0.05, 0.1) is 12.3 Å². The van der Waals surface area contributed by atoms with Crippen molar-refractivity contribution in [2.45, 2.75) is 56.5 Å². The van der Waals surface area contributed by atoms with Gasteiger partial charge in [-0.05, 0) is 42.0 Å². The molecule has 14 nitrogen and oxygen atoms in total. The van der Waals surface area contributed by atoms with Gasteiger partial charge in [0, 0.05) is 50.0 Å². The van der Waals surface area contributed by atoms with Crippen LogP contribution >= 0.6 is 0 Å². The molecule has 0 radical (unpaired) electrons. The van der Waals surface area contributed by atoms with E-state index in [0.717, 1.165) is 22.4 Å². The molecule has 0 spiro atoms. The van der Waals surface area contributed by atoms with Crippen molar-refractivity contribution in [3.8, 4) is 17.2 Å². The van der Waals surface area contributed by atoms with Crippen LogP contribution in [0.1, 0.15) is 28.6 Å². The predicted molar refractivity (Wildman–Crippen MR) is 184 cm³/mol. The Morgan fingerprint density at radius 3 is 2.02 bits per heavy atom. The first-order valence-corrected chi connectivity index (χ1v) is 16.6. The maximum absolute atomic E-state index is 10.6. The van der Waals surface area contributed by atoms with Gasteiger partial charge in [0.25, 0.3) is 0 Å². The normalized spacial score (nSPS) is 21.2. The molecule has 6 N–H and O–H groups in total. The summed E-state index contributed by atoms with van der Waals surface area (Å²) in [5.41, 5.74) is 3.17. The number of hydrogen-bond donors (Lipinski definition) is 6. The van der Waals surface area contributed by atoms with Crippen LogP contribution < -0.4 is 4.74 Å². The van der Waals surface area contributed by atoms with Gasteiger partial charge in [0.2, 0.25) is 6.29 Å². The van der Waals surface area contributed by atoms with Gasteiger partial charge in [-0.3, -0.25) is 14.8 Å². The zero-order valence-corrected chi connectivity index (χ0v) is 27.8. The third-order valence-corrected chi connectivity index (χ3v) is 8.88. The van der Waals surface area contributed by atoms with Crippen LogP contribution in [-0.2, 0) is 24.4 Å². The van der Waals surface area contributed by atoms with E-state index in [1.54, 1.807) is 53.6 Å². The second-order valence-electron chi connectivity index (χ2n) is 12.4. The van der Waals surface area contributed by atoms with E-state index in [1.807, 2.05) is 54.6 Å². The Hall–Kier alpha value is -4.93. The van der Waals surface area contributed by atoms with E-state index in [4.69, 9.17) is 9.47 Å². The number of phenolic OH excluding ortho intramolecular Hbond substituents is 2. The number of nitrogens with zero attached hydrogens (tertiary/aromatic N) is 6. The summed E-state index contributed by atoms with van der Waals surface area (Å²) in [6, 6.07) is 27.2. The van der Waals surface area contributed by atoms with Crippen LogP contribution in [0.4, 0.5) is 0 Å². The highest BCUT2D eigenvalue weighted by Crippen LogP contribution is 2.29. The molecule has 1 saturated heterocycles. The van der Waals surface area contributed by atoms with E-state index in [0.29, 0.717) is 38.5 Å². The van der Waals surface area contributed by atoms with Crippen LogP contribution in [0.15, 0.2) is 110 Å². The van der Waals surface area contributed by atoms with E-state index in [2.05, 4.69) is 24.9 Å². The third kappa shape index (κ3) is 8.87. The van der Waals surface area contributed by atoms with E-state index >= 15 is 0 Å². The Kier molecular flexibility index (Phi) is 11.9. The molecule has 6 atom stereocenters. The first-order valence-electron chi connectivity index (χ1n) is 16.6. The van der Waals surface area contributed by atoms with Crippen LogP contribution in [0.3, 0.4) is 0 Å². The Balaban J connectivity index is 1.28. The maximum atomic E-state index is 10.6. The number of benzene rings is 3. The minimum atomic E-state index is -1.56. The summed E-state index contributed by atoms with van der Waals surface area (Å²) in [7, 11) is 0. The van der Waals surface area contributed by atoms with Crippen LogP contribution in [0.5, 0.6) is 17.2 Å². The lowest BCUT2D eigenvalue weighted by molar-refractivity contribution is -0.277. The molecule has 0 saturated carbocycles. The first-order chi connectivity index (χ1) is 24.8. The van der Waals surface area contributed by atoms with Crippen LogP contribution in [0.25, 0.3) is 0 Å². The fraction of sp³-hybridized carbons (Fsp3) is 0.324. The highest BCUT2D eigenvalue weighted by molar-refractivity contribution is 5.34. The number of aliphatic hydroxyl groups is 4. The highest BCUT2D eigenvalue weighted by atomic mass is 16.7. The summed E-state index contributed by atoms with van der Waals surface area (Å²) in [4.78, 5) is 13.2. The van der Waals surface area contributed by atoms with Crippen molar-refractivity contribution in [1.29, 1.82) is 0 Å². The number of rotatable bonds is 15. The molecule has 6 rings (SSSR count). The van der Waals surface area contributed by atoms with Crippen LogP contribution in [-0.4, -0.2) is 111 Å². The summed E-state index contributed by atoms with van der Waals surface area (Å²) in [6.07, 6.45) is -2.64. The fourth-order valence-corrected chi connectivity index (χ4v) is 6.13. The fourth-order valence-electron chi connectivity index (χ4n) is 6.13. The van der Waals surface area contributed by atoms with Crippen molar-refractivity contribution in [2.24, 2.45) is 0 Å².